The minimum atomic E-state index is -2.73. The van der Waals surface area contributed by atoms with Crippen LogP contribution in [0.25, 0.3) is 0 Å². The Hall–Kier alpha value is -1.33. The first-order valence-corrected chi connectivity index (χ1v) is 5.85. The molecule has 0 aromatic heterocycles. The number of carbonyl (C=O) groups excluding carboxylic acids is 1. The highest BCUT2D eigenvalue weighted by Crippen LogP contribution is 2.47. The first kappa shape index (κ1) is 14.7. The van der Waals surface area contributed by atoms with Gasteiger partial charge < -0.3 is 9.84 Å². The van der Waals surface area contributed by atoms with E-state index in [4.69, 9.17) is 9.84 Å². The molecule has 18 heavy (non-hydrogen) atoms. The Balaban J connectivity index is 3.04. The van der Waals surface area contributed by atoms with Gasteiger partial charge in [0.1, 0.15) is 5.60 Å². The fraction of sp³-hybridized carbons (Fsp3) is 0.833. The third kappa shape index (κ3) is 2.28. The lowest BCUT2D eigenvalue weighted by atomic mass is 9.82. The van der Waals surface area contributed by atoms with Crippen molar-refractivity contribution in [3.63, 3.8) is 0 Å². The van der Waals surface area contributed by atoms with Crippen molar-refractivity contribution >= 4 is 12.1 Å². The largest absolute Gasteiger partial charge is 0.477 e. The minimum Gasteiger partial charge on any atom is -0.477 e. The molecule has 104 valence electrons. The molecule has 1 N–H and O–H groups in total. The number of hydrogen-bond acceptors (Lipinski definition) is 3. The van der Waals surface area contributed by atoms with Crippen molar-refractivity contribution in [1.82, 2.24) is 4.90 Å². The quantitative estimate of drug-likeness (QED) is 0.736. The molecule has 0 radical (unpaired) electrons. The third-order valence-corrected chi connectivity index (χ3v) is 3.13. The minimum absolute atomic E-state index is 0.0325. The average molecular weight is 261 g/mol. The molecule has 0 saturated carbocycles. The van der Waals surface area contributed by atoms with Crippen molar-refractivity contribution in [1.29, 1.82) is 0 Å². The summed E-state index contributed by atoms with van der Waals surface area (Å²) in [5.41, 5.74) is -1.93. The molecule has 0 aliphatic carbocycles. The number of halogens is 1. The van der Waals surface area contributed by atoms with Crippen molar-refractivity contribution in [3.05, 3.63) is 0 Å². The van der Waals surface area contributed by atoms with Gasteiger partial charge in [-0.2, -0.15) is 0 Å². The van der Waals surface area contributed by atoms with E-state index in [9.17, 15) is 14.0 Å². The van der Waals surface area contributed by atoms with E-state index in [1.807, 2.05) is 0 Å². The number of carboxylic acid groups (broad SMARTS) is 1. The second-order valence-electron chi connectivity index (χ2n) is 6.19. The van der Waals surface area contributed by atoms with E-state index in [0.29, 0.717) is 4.90 Å². The maximum Gasteiger partial charge on any atom is 0.413 e. The number of alkyl halides is 1. The molecular weight excluding hydrogens is 241 g/mol. The van der Waals surface area contributed by atoms with Gasteiger partial charge in [0.2, 0.25) is 0 Å². The SMILES string of the molecule is CC(C)(C)OC(=O)N1CCC(C)(C)C1(F)C(=O)O. The Bertz CT molecular complexity index is 375. The zero-order valence-electron chi connectivity index (χ0n) is 11.4. The summed E-state index contributed by atoms with van der Waals surface area (Å²) in [7, 11) is 0. The van der Waals surface area contributed by atoms with Crippen LogP contribution in [0.5, 0.6) is 0 Å². The van der Waals surface area contributed by atoms with Crippen LogP contribution in [-0.4, -0.2) is 40.0 Å². The molecular formula is C12H20FNO4. The smallest absolute Gasteiger partial charge is 0.413 e. The van der Waals surface area contributed by atoms with Crippen LogP contribution in [0.3, 0.4) is 0 Å². The molecule has 1 amide bonds. The van der Waals surface area contributed by atoms with Gasteiger partial charge in [-0.25, -0.2) is 14.0 Å². The highest BCUT2D eigenvalue weighted by molar-refractivity contribution is 5.84. The summed E-state index contributed by atoms with van der Waals surface area (Å²) >= 11 is 0. The van der Waals surface area contributed by atoms with Gasteiger partial charge >= 0.3 is 12.1 Å². The predicted molar refractivity (Wildman–Crippen MR) is 62.8 cm³/mol. The van der Waals surface area contributed by atoms with Gasteiger partial charge in [-0.1, -0.05) is 13.8 Å². The molecule has 0 aromatic carbocycles. The molecule has 5 nitrogen and oxygen atoms in total. The van der Waals surface area contributed by atoms with Gasteiger partial charge in [0.15, 0.2) is 0 Å². The average Bonchev–Trinajstić information content (AvgIpc) is 2.36. The van der Waals surface area contributed by atoms with Crippen molar-refractivity contribution in [2.45, 2.75) is 52.4 Å². The highest BCUT2D eigenvalue weighted by Gasteiger charge is 2.63. The van der Waals surface area contributed by atoms with Crippen molar-refractivity contribution < 1.29 is 23.8 Å². The number of amides is 1. The summed E-state index contributed by atoms with van der Waals surface area (Å²) in [5.74, 6) is -4.38. The third-order valence-electron chi connectivity index (χ3n) is 3.13. The maximum atomic E-state index is 14.7. The van der Waals surface area contributed by atoms with Gasteiger partial charge in [-0.3, -0.25) is 4.90 Å². The van der Waals surface area contributed by atoms with Crippen LogP contribution in [0.15, 0.2) is 0 Å². The van der Waals surface area contributed by atoms with Crippen LogP contribution in [0.4, 0.5) is 9.18 Å². The Kier molecular flexibility index (Phi) is 3.36. The van der Waals surface area contributed by atoms with Crippen molar-refractivity contribution in [3.8, 4) is 0 Å². The molecule has 1 saturated heterocycles. The van der Waals surface area contributed by atoms with Gasteiger partial charge in [0.25, 0.3) is 5.79 Å². The van der Waals surface area contributed by atoms with Gasteiger partial charge in [0.05, 0.1) is 0 Å². The number of aliphatic carboxylic acids is 1. The Morgan fingerprint density at radius 3 is 2.22 bits per heavy atom. The fourth-order valence-electron chi connectivity index (χ4n) is 2.02. The summed E-state index contributed by atoms with van der Waals surface area (Å²) in [5, 5.41) is 9.10. The monoisotopic (exact) mass is 261 g/mol. The van der Waals surface area contributed by atoms with Gasteiger partial charge in [-0.15, -0.1) is 0 Å². The van der Waals surface area contributed by atoms with E-state index >= 15 is 0 Å². The van der Waals surface area contributed by atoms with E-state index in [-0.39, 0.29) is 13.0 Å². The summed E-state index contributed by atoms with van der Waals surface area (Å²) in [6, 6.07) is 0. The Morgan fingerprint density at radius 2 is 1.83 bits per heavy atom. The van der Waals surface area contributed by atoms with Crippen LogP contribution < -0.4 is 0 Å². The lowest BCUT2D eigenvalue weighted by molar-refractivity contribution is -0.172. The Morgan fingerprint density at radius 1 is 1.33 bits per heavy atom. The van der Waals surface area contributed by atoms with E-state index in [1.165, 1.54) is 13.8 Å². The summed E-state index contributed by atoms with van der Waals surface area (Å²) in [4.78, 5) is 23.7. The Labute approximate surface area is 106 Å². The van der Waals surface area contributed by atoms with Crippen LogP contribution >= 0.6 is 0 Å². The molecule has 6 heteroatoms. The molecule has 1 rings (SSSR count). The molecule has 1 atom stereocenters. The standard InChI is InChI=1S/C12H20FNO4/c1-10(2,3)18-9(17)14-7-6-11(4,5)12(14,13)8(15)16/h6-7H2,1-5H3,(H,15,16). The molecule has 1 unspecified atom stereocenters. The zero-order chi connectivity index (χ0) is 14.4. The lowest BCUT2D eigenvalue weighted by Crippen LogP contribution is -2.57. The lowest BCUT2D eigenvalue weighted by Gasteiger charge is -2.36. The molecule has 1 heterocycles. The number of nitrogens with zero attached hydrogens (tertiary/aromatic N) is 1. The van der Waals surface area contributed by atoms with Gasteiger partial charge in [-0.05, 0) is 27.2 Å². The summed E-state index contributed by atoms with van der Waals surface area (Å²) in [6.45, 7) is 7.95. The summed E-state index contributed by atoms with van der Waals surface area (Å²) in [6.07, 6.45) is -0.660. The second kappa shape index (κ2) is 4.10. The number of likely N-dealkylation sites (tertiary alicyclic amines) is 1. The number of carbonyl (C=O) groups is 2. The maximum absolute atomic E-state index is 14.7. The molecule has 0 spiro atoms. The molecule has 0 aromatic rings. The predicted octanol–water partition coefficient (Wildman–Crippen LogP) is 2.40. The van der Waals surface area contributed by atoms with Crippen LogP contribution in [-0.2, 0) is 9.53 Å². The topological polar surface area (TPSA) is 66.8 Å². The first-order valence-electron chi connectivity index (χ1n) is 5.85. The highest BCUT2D eigenvalue weighted by atomic mass is 19.1. The van der Waals surface area contributed by atoms with Gasteiger partial charge in [0, 0.05) is 12.0 Å². The molecule has 1 aliphatic heterocycles. The second-order valence-corrected chi connectivity index (χ2v) is 6.19. The normalized spacial score (nSPS) is 27.1. The molecule has 1 aliphatic rings. The zero-order valence-corrected chi connectivity index (χ0v) is 11.4. The fourth-order valence-corrected chi connectivity index (χ4v) is 2.02. The summed E-state index contributed by atoms with van der Waals surface area (Å²) < 4.78 is 19.8. The molecule has 0 bridgehead atoms. The van der Waals surface area contributed by atoms with E-state index in [0.717, 1.165) is 0 Å². The number of carboxylic acids is 1. The van der Waals surface area contributed by atoms with Crippen LogP contribution in [0, 0.1) is 5.41 Å². The van der Waals surface area contributed by atoms with Crippen LogP contribution in [0.1, 0.15) is 41.0 Å². The molecule has 1 fully saturated rings. The van der Waals surface area contributed by atoms with E-state index in [1.54, 1.807) is 20.8 Å². The van der Waals surface area contributed by atoms with E-state index < -0.39 is 28.9 Å². The van der Waals surface area contributed by atoms with E-state index in [2.05, 4.69) is 0 Å². The van der Waals surface area contributed by atoms with Crippen molar-refractivity contribution in [2.24, 2.45) is 5.41 Å². The van der Waals surface area contributed by atoms with Crippen molar-refractivity contribution in [2.75, 3.05) is 6.54 Å². The number of rotatable bonds is 1. The number of ether oxygens (including phenoxy) is 1. The number of hydrogen-bond donors (Lipinski definition) is 1. The van der Waals surface area contributed by atoms with Crippen LogP contribution in [0.2, 0.25) is 0 Å². The first-order chi connectivity index (χ1) is 7.92.